The zero-order chi connectivity index (χ0) is 22.0. The normalized spacial score (nSPS) is 12.5. The van der Waals surface area contributed by atoms with E-state index in [-0.39, 0.29) is 0 Å². The van der Waals surface area contributed by atoms with Crippen molar-refractivity contribution < 1.29 is 0 Å². The fourth-order valence-corrected chi connectivity index (χ4v) is 4.81. The third kappa shape index (κ3) is 26.0. The molecule has 0 N–H and O–H groups in total. The second-order valence-corrected chi connectivity index (χ2v) is 10.5. The van der Waals surface area contributed by atoms with Gasteiger partial charge in [-0.3, -0.25) is 0 Å². The van der Waals surface area contributed by atoms with E-state index < -0.39 is 0 Å². The minimum Gasteiger partial charge on any atom is -0.0654 e. The smallest absolute Gasteiger partial charge is 0.0443 e. The summed E-state index contributed by atoms with van der Waals surface area (Å²) in [5, 5.41) is 0. The molecule has 0 saturated carbocycles. The lowest BCUT2D eigenvalue weighted by molar-refractivity contribution is 0.429. The highest BCUT2D eigenvalue weighted by atomic mass is 14.1. The summed E-state index contributed by atoms with van der Waals surface area (Å²) in [7, 11) is 0. The molecule has 0 amide bonds. The lowest BCUT2D eigenvalue weighted by Crippen LogP contribution is -1.95. The van der Waals surface area contributed by atoms with Crippen molar-refractivity contribution in [1.29, 1.82) is 0 Å². The number of hydrogen-bond donors (Lipinski definition) is 0. The minimum atomic E-state index is 0.969. The van der Waals surface area contributed by atoms with E-state index in [2.05, 4.69) is 20.8 Å². The van der Waals surface area contributed by atoms with Gasteiger partial charge in [-0.25, -0.2) is 0 Å². The van der Waals surface area contributed by atoms with Gasteiger partial charge >= 0.3 is 0 Å². The molecule has 0 nitrogen and oxygen atoms in total. The van der Waals surface area contributed by atoms with E-state index in [9.17, 15) is 0 Å². The summed E-state index contributed by atoms with van der Waals surface area (Å²) in [5.41, 5.74) is 0. The Balaban J connectivity index is 3.12. The first-order valence-electron chi connectivity index (χ1n) is 14.8. The van der Waals surface area contributed by atoms with Crippen molar-refractivity contribution in [3.8, 4) is 0 Å². The lowest BCUT2D eigenvalue weighted by atomic mass is 9.95. The molecule has 1 atom stereocenters. The number of rotatable bonds is 26. The molecule has 182 valence electrons. The maximum Gasteiger partial charge on any atom is -0.0443 e. The molecule has 0 radical (unpaired) electrons. The van der Waals surface area contributed by atoms with Crippen LogP contribution in [0.3, 0.4) is 0 Å². The van der Waals surface area contributed by atoms with E-state index in [1.165, 1.54) is 167 Å². The zero-order valence-electron chi connectivity index (χ0n) is 22.0. The quantitative estimate of drug-likeness (QED) is 0.122. The summed E-state index contributed by atoms with van der Waals surface area (Å²) in [6.45, 7) is 7.11. The Labute approximate surface area is 193 Å². The van der Waals surface area contributed by atoms with Crippen LogP contribution in [0.1, 0.15) is 188 Å². The molecule has 0 aromatic carbocycles. The van der Waals surface area contributed by atoms with E-state index in [4.69, 9.17) is 0 Å². The molecular weight excluding hydrogens is 360 g/mol. The molecule has 0 aliphatic carbocycles. The SMILES string of the molecule is CCCCCCCCCCCCCCCC[C@@H](C)CCCCCCCCCCCC. The van der Waals surface area contributed by atoms with Gasteiger partial charge in [0.2, 0.25) is 0 Å². The van der Waals surface area contributed by atoms with E-state index in [0.717, 1.165) is 5.92 Å². The molecule has 0 bridgehead atoms. The van der Waals surface area contributed by atoms with Gasteiger partial charge in [-0.1, -0.05) is 188 Å². The van der Waals surface area contributed by atoms with E-state index >= 15 is 0 Å². The zero-order valence-corrected chi connectivity index (χ0v) is 22.0. The molecule has 0 fully saturated rings. The highest BCUT2D eigenvalue weighted by Crippen LogP contribution is 2.19. The highest BCUT2D eigenvalue weighted by molar-refractivity contribution is 4.56. The fourth-order valence-electron chi connectivity index (χ4n) is 4.81. The van der Waals surface area contributed by atoms with Crippen molar-refractivity contribution in [3.05, 3.63) is 0 Å². The molecule has 0 saturated heterocycles. The molecule has 30 heavy (non-hydrogen) atoms. The molecule has 0 aliphatic rings. The van der Waals surface area contributed by atoms with Gasteiger partial charge in [0.05, 0.1) is 0 Å². The fraction of sp³-hybridized carbons (Fsp3) is 1.00. The molecule has 0 heteroatoms. The average molecular weight is 423 g/mol. The maximum atomic E-state index is 2.50. The van der Waals surface area contributed by atoms with Gasteiger partial charge < -0.3 is 0 Å². The van der Waals surface area contributed by atoms with Crippen molar-refractivity contribution in [1.82, 2.24) is 0 Å². The van der Waals surface area contributed by atoms with Crippen LogP contribution in [0.15, 0.2) is 0 Å². The Kier molecular flexibility index (Phi) is 27.0. The first-order valence-corrected chi connectivity index (χ1v) is 14.8. The maximum absolute atomic E-state index is 2.50. The molecule has 0 rings (SSSR count). The molecular formula is C30H62. The first-order chi connectivity index (χ1) is 14.8. The molecule has 0 aliphatic heterocycles. The summed E-state index contributed by atoms with van der Waals surface area (Å²) in [6.07, 6.45) is 38.3. The van der Waals surface area contributed by atoms with Crippen molar-refractivity contribution in [2.24, 2.45) is 5.92 Å². The second kappa shape index (κ2) is 27.0. The van der Waals surface area contributed by atoms with Gasteiger partial charge in [0, 0.05) is 0 Å². The predicted molar refractivity (Wildman–Crippen MR) is 141 cm³/mol. The topological polar surface area (TPSA) is 0 Å². The van der Waals surface area contributed by atoms with Crippen LogP contribution in [-0.4, -0.2) is 0 Å². The van der Waals surface area contributed by atoms with Gasteiger partial charge in [-0.2, -0.15) is 0 Å². The Morgan fingerprint density at radius 1 is 0.300 bits per heavy atom. The minimum absolute atomic E-state index is 0.969. The molecule has 0 spiro atoms. The van der Waals surface area contributed by atoms with Gasteiger partial charge in [-0.05, 0) is 5.92 Å². The Bertz CT molecular complexity index is 282. The van der Waals surface area contributed by atoms with Crippen LogP contribution in [0, 0.1) is 5.92 Å². The van der Waals surface area contributed by atoms with Gasteiger partial charge in [0.1, 0.15) is 0 Å². The van der Waals surface area contributed by atoms with Crippen LogP contribution < -0.4 is 0 Å². The van der Waals surface area contributed by atoms with Crippen LogP contribution in [0.2, 0.25) is 0 Å². The number of unbranched alkanes of at least 4 members (excludes halogenated alkanes) is 22. The monoisotopic (exact) mass is 422 g/mol. The first kappa shape index (κ1) is 30.0. The van der Waals surface area contributed by atoms with Crippen LogP contribution >= 0.6 is 0 Å². The van der Waals surface area contributed by atoms with Crippen molar-refractivity contribution in [2.75, 3.05) is 0 Å². The van der Waals surface area contributed by atoms with Crippen molar-refractivity contribution in [2.45, 2.75) is 188 Å². The highest BCUT2D eigenvalue weighted by Gasteiger charge is 2.02. The Morgan fingerprint density at radius 2 is 0.500 bits per heavy atom. The third-order valence-electron chi connectivity index (χ3n) is 7.10. The van der Waals surface area contributed by atoms with Gasteiger partial charge in [0.25, 0.3) is 0 Å². The summed E-state index contributed by atoms with van der Waals surface area (Å²) in [4.78, 5) is 0. The van der Waals surface area contributed by atoms with Crippen molar-refractivity contribution >= 4 is 0 Å². The summed E-state index contributed by atoms with van der Waals surface area (Å²) in [5.74, 6) is 0.969. The van der Waals surface area contributed by atoms with Crippen LogP contribution in [-0.2, 0) is 0 Å². The largest absolute Gasteiger partial charge is 0.0654 e. The second-order valence-electron chi connectivity index (χ2n) is 10.5. The Morgan fingerprint density at radius 3 is 0.733 bits per heavy atom. The average Bonchev–Trinajstić information content (AvgIpc) is 2.75. The van der Waals surface area contributed by atoms with E-state index in [0.29, 0.717) is 0 Å². The van der Waals surface area contributed by atoms with Crippen LogP contribution in [0.5, 0.6) is 0 Å². The molecule has 0 aromatic heterocycles. The summed E-state index contributed by atoms with van der Waals surface area (Å²) < 4.78 is 0. The molecule has 0 heterocycles. The third-order valence-corrected chi connectivity index (χ3v) is 7.10. The van der Waals surface area contributed by atoms with Crippen LogP contribution in [0.25, 0.3) is 0 Å². The lowest BCUT2D eigenvalue weighted by Gasteiger charge is -2.11. The Hall–Kier alpha value is 0. The van der Waals surface area contributed by atoms with Gasteiger partial charge in [0.15, 0.2) is 0 Å². The summed E-state index contributed by atoms with van der Waals surface area (Å²) >= 11 is 0. The standard InChI is InChI=1S/C30H62/c1-4-6-8-10-12-14-16-17-18-19-21-23-25-27-29-30(3)28-26-24-22-20-15-13-11-9-7-5-2/h30H,4-29H2,1-3H3/t30-/m0/s1. The van der Waals surface area contributed by atoms with E-state index in [1.54, 1.807) is 0 Å². The number of hydrogen-bond acceptors (Lipinski definition) is 0. The molecule has 0 unspecified atom stereocenters. The van der Waals surface area contributed by atoms with Gasteiger partial charge in [-0.15, -0.1) is 0 Å². The predicted octanol–water partition coefficient (Wildman–Crippen LogP) is 11.8. The van der Waals surface area contributed by atoms with E-state index in [1.807, 2.05) is 0 Å². The van der Waals surface area contributed by atoms with Crippen molar-refractivity contribution in [3.63, 3.8) is 0 Å². The molecule has 0 aromatic rings. The summed E-state index contributed by atoms with van der Waals surface area (Å²) in [6, 6.07) is 0. The van der Waals surface area contributed by atoms with Crippen LogP contribution in [0.4, 0.5) is 0 Å².